The maximum absolute atomic E-state index is 5.34. The number of para-hydroxylation sites is 1. The molecular weight excluding hydrogens is 203 g/mol. The molecule has 2 heteroatoms. The minimum absolute atomic E-state index is 0. The van der Waals surface area contributed by atoms with Crippen LogP contribution < -0.4 is 4.74 Å². The van der Waals surface area contributed by atoms with Crippen molar-refractivity contribution < 1.29 is 4.74 Å². The molecule has 0 N–H and O–H groups in total. The number of hydrogen-bond acceptors (Lipinski definition) is 1. The number of benzene rings is 1. The van der Waals surface area contributed by atoms with E-state index in [1.54, 1.807) is 0 Å². The van der Waals surface area contributed by atoms with Crippen molar-refractivity contribution in [3.63, 3.8) is 0 Å². The van der Waals surface area contributed by atoms with Crippen LogP contribution >= 0.6 is 0 Å². The molecule has 0 bridgehead atoms. The molecule has 0 spiro atoms. The molecule has 0 aliphatic carbocycles. The van der Waals surface area contributed by atoms with Crippen LogP contribution in [0.5, 0.6) is 5.75 Å². The maximum atomic E-state index is 5.34. The van der Waals surface area contributed by atoms with Crippen LogP contribution in [-0.4, -0.2) is 23.7 Å². The van der Waals surface area contributed by atoms with Gasteiger partial charge in [-0.25, -0.2) is 0 Å². The second kappa shape index (κ2) is 3.61. The standard InChI is InChI=1S/C9H8O.H2Se/c1-2-6-9-8(4-1)5-3-7-10-9;/h1-6H,7H2;1H2. The van der Waals surface area contributed by atoms with Crippen molar-refractivity contribution in [1.29, 1.82) is 0 Å². The van der Waals surface area contributed by atoms with Crippen molar-refractivity contribution in [3.8, 4) is 5.75 Å². The summed E-state index contributed by atoms with van der Waals surface area (Å²) >= 11 is 0. The van der Waals surface area contributed by atoms with Crippen LogP contribution in [0.3, 0.4) is 0 Å². The summed E-state index contributed by atoms with van der Waals surface area (Å²) in [5, 5.41) is 0. The quantitative estimate of drug-likeness (QED) is 0.588. The van der Waals surface area contributed by atoms with Gasteiger partial charge in [0.25, 0.3) is 0 Å². The summed E-state index contributed by atoms with van der Waals surface area (Å²) in [7, 11) is 0. The van der Waals surface area contributed by atoms with Crippen LogP contribution in [0.2, 0.25) is 0 Å². The Morgan fingerprint density at radius 2 is 2.00 bits per heavy atom. The van der Waals surface area contributed by atoms with E-state index in [1.807, 2.05) is 30.3 Å². The Labute approximate surface area is 76.5 Å². The van der Waals surface area contributed by atoms with Crippen LogP contribution in [0.25, 0.3) is 6.08 Å². The Kier molecular flexibility index (Phi) is 2.75. The van der Waals surface area contributed by atoms with Crippen LogP contribution in [0.1, 0.15) is 5.56 Å². The van der Waals surface area contributed by atoms with Gasteiger partial charge in [-0.15, -0.1) is 0 Å². The summed E-state index contributed by atoms with van der Waals surface area (Å²) in [6.45, 7) is 0.705. The van der Waals surface area contributed by atoms with Crippen molar-refractivity contribution in [2.45, 2.75) is 0 Å². The summed E-state index contributed by atoms with van der Waals surface area (Å²) < 4.78 is 5.34. The molecule has 0 saturated carbocycles. The van der Waals surface area contributed by atoms with E-state index < -0.39 is 0 Å². The summed E-state index contributed by atoms with van der Waals surface area (Å²) in [5.74, 6) is 0.991. The number of fused-ring (bicyclic) bond motifs is 1. The molecule has 0 radical (unpaired) electrons. The predicted octanol–water partition coefficient (Wildman–Crippen LogP) is 1.18. The molecule has 0 unspecified atom stereocenters. The van der Waals surface area contributed by atoms with E-state index in [4.69, 9.17) is 4.74 Å². The Balaban J connectivity index is 0.000000605. The van der Waals surface area contributed by atoms with Crippen molar-refractivity contribution in [2.75, 3.05) is 6.61 Å². The van der Waals surface area contributed by atoms with Crippen molar-refractivity contribution in [2.24, 2.45) is 0 Å². The number of rotatable bonds is 0. The zero-order valence-electron chi connectivity index (χ0n) is 6.08. The second-order valence-electron chi connectivity index (χ2n) is 2.25. The van der Waals surface area contributed by atoms with E-state index in [0.717, 1.165) is 5.75 Å². The summed E-state index contributed by atoms with van der Waals surface area (Å²) in [5.41, 5.74) is 1.17. The fourth-order valence-electron chi connectivity index (χ4n) is 1.06. The van der Waals surface area contributed by atoms with E-state index in [2.05, 4.69) is 6.08 Å². The van der Waals surface area contributed by atoms with Crippen LogP contribution in [-0.2, 0) is 0 Å². The predicted molar refractivity (Wildman–Crippen MR) is 49.5 cm³/mol. The Hall–Kier alpha value is -0.721. The molecule has 58 valence electrons. The third kappa shape index (κ3) is 1.65. The van der Waals surface area contributed by atoms with Gasteiger partial charge < -0.3 is 4.74 Å². The fourth-order valence-corrected chi connectivity index (χ4v) is 1.06. The normalized spacial score (nSPS) is 12.7. The van der Waals surface area contributed by atoms with Gasteiger partial charge in [-0.1, -0.05) is 24.3 Å². The molecule has 0 saturated heterocycles. The Morgan fingerprint density at radius 3 is 2.82 bits per heavy atom. The van der Waals surface area contributed by atoms with Crippen LogP contribution in [0, 0.1) is 0 Å². The summed E-state index contributed by atoms with van der Waals surface area (Å²) in [6.07, 6.45) is 4.10. The molecule has 1 aliphatic heterocycles. The van der Waals surface area contributed by atoms with Gasteiger partial charge in [0.15, 0.2) is 0 Å². The van der Waals surface area contributed by atoms with E-state index >= 15 is 0 Å². The SMILES string of the molecule is C1=Cc2ccccc2OC1.[SeH2]. The van der Waals surface area contributed by atoms with E-state index in [0.29, 0.717) is 6.61 Å². The Bertz CT molecular complexity index is 268. The topological polar surface area (TPSA) is 9.23 Å². The first-order chi connectivity index (χ1) is 4.97. The van der Waals surface area contributed by atoms with Gasteiger partial charge in [0.2, 0.25) is 0 Å². The molecule has 11 heavy (non-hydrogen) atoms. The van der Waals surface area contributed by atoms with E-state index in [1.165, 1.54) is 5.56 Å². The first-order valence-electron chi connectivity index (χ1n) is 3.35. The number of ether oxygens (including phenoxy) is 1. The zero-order chi connectivity index (χ0) is 6.81. The Morgan fingerprint density at radius 1 is 1.18 bits per heavy atom. The molecule has 1 aromatic carbocycles. The van der Waals surface area contributed by atoms with Gasteiger partial charge in [-0.05, 0) is 12.1 Å². The molecule has 0 atom stereocenters. The first kappa shape index (κ1) is 8.38. The fraction of sp³-hybridized carbons (Fsp3) is 0.111. The van der Waals surface area contributed by atoms with Gasteiger partial charge in [0.05, 0.1) is 0 Å². The van der Waals surface area contributed by atoms with Gasteiger partial charge in [-0.2, -0.15) is 0 Å². The average Bonchev–Trinajstić information content (AvgIpc) is 2.05. The zero-order valence-corrected chi connectivity index (χ0v) is 8.18. The van der Waals surface area contributed by atoms with Crippen molar-refractivity contribution in [1.82, 2.24) is 0 Å². The molecule has 1 aliphatic rings. The summed E-state index contributed by atoms with van der Waals surface area (Å²) in [6, 6.07) is 8.03. The van der Waals surface area contributed by atoms with E-state index in [9.17, 15) is 0 Å². The van der Waals surface area contributed by atoms with Crippen molar-refractivity contribution in [3.05, 3.63) is 35.9 Å². The summed E-state index contributed by atoms with van der Waals surface area (Å²) in [4.78, 5) is 0. The average molecular weight is 213 g/mol. The monoisotopic (exact) mass is 214 g/mol. The van der Waals surface area contributed by atoms with Gasteiger partial charge in [0, 0.05) is 5.56 Å². The molecule has 0 fully saturated rings. The first-order valence-corrected chi connectivity index (χ1v) is 3.35. The third-order valence-corrected chi connectivity index (χ3v) is 1.55. The molecule has 2 rings (SSSR count). The molecular formula is C9H10OSe. The van der Waals surface area contributed by atoms with Crippen LogP contribution in [0.15, 0.2) is 30.3 Å². The molecule has 1 heterocycles. The molecule has 0 aromatic heterocycles. The minimum atomic E-state index is 0. The van der Waals surface area contributed by atoms with Gasteiger partial charge >= 0.3 is 17.1 Å². The van der Waals surface area contributed by atoms with Crippen LogP contribution in [0.4, 0.5) is 0 Å². The molecule has 1 aromatic rings. The van der Waals surface area contributed by atoms with Gasteiger partial charge in [0.1, 0.15) is 12.4 Å². The number of hydrogen-bond donors (Lipinski definition) is 0. The van der Waals surface area contributed by atoms with Gasteiger partial charge in [-0.3, -0.25) is 0 Å². The molecule has 1 nitrogen and oxygen atoms in total. The second-order valence-corrected chi connectivity index (χ2v) is 2.25. The van der Waals surface area contributed by atoms with E-state index in [-0.39, 0.29) is 17.1 Å². The third-order valence-electron chi connectivity index (χ3n) is 1.55. The molecule has 0 amide bonds. The van der Waals surface area contributed by atoms with Crippen molar-refractivity contribution >= 4 is 23.1 Å².